The van der Waals surface area contributed by atoms with E-state index < -0.39 is 5.25 Å². The Balaban J connectivity index is 1.69. The predicted octanol–water partition coefficient (Wildman–Crippen LogP) is 2.24. The highest BCUT2D eigenvalue weighted by atomic mass is 32.2. The first-order valence-corrected chi connectivity index (χ1v) is 8.18. The van der Waals surface area contributed by atoms with Gasteiger partial charge >= 0.3 is 0 Å². The summed E-state index contributed by atoms with van der Waals surface area (Å²) in [7, 11) is 0. The number of carbonyl (C=O) groups is 1. The van der Waals surface area contributed by atoms with Gasteiger partial charge in [-0.2, -0.15) is 5.26 Å². The van der Waals surface area contributed by atoms with Crippen molar-refractivity contribution in [1.82, 2.24) is 14.9 Å². The van der Waals surface area contributed by atoms with E-state index in [4.69, 9.17) is 15.5 Å². The summed E-state index contributed by atoms with van der Waals surface area (Å²) in [4.78, 5) is 12.3. The zero-order valence-electron chi connectivity index (χ0n) is 13.2. The number of nitriles is 1. The molecule has 2 aromatic heterocycles. The Hall–Kier alpha value is -3.25. The fourth-order valence-electron chi connectivity index (χ4n) is 2.05. The van der Waals surface area contributed by atoms with E-state index in [-0.39, 0.29) is 5.91 Å². The van der Waals surface area contributed by atoms with Crippen LogP contribution in [-0.4, -0.2) is 26.0 Å². The van der Waals surface area contributed by atoms with Crippen LogP contribution in [0.3, 0.4) is 0 Å². The molecule has 0 bridgehead atoms. The fraction of sp³-hybridized carbons (Fsp3) is 0.125. The van der Waals surface area contributed by atoms with Crippen LogP contribution in [0.15, 0.2) is 52.2 Å². The average molecular weight is 354 g/mol. The minimum atomic E-state index is -0.471. The van der Waals surface area contributed by atoms with Gasteiger partial charge in [-0.3, -0.25) is 4.79 Å². The van der Waals surface area contributed by atoms with Crippen molar-refractivity contribution in [1.29, 1.82) is 5.26 Å². The average Bonchev–Trinajstić information content (AvgIpc) is 3.25. The van der Waals surface area contributed by atoms with Crippen LogP contribution in [0, 0.1) is 11.3 Å². The van der Waals surface area contributed by atoms with Gasteiger partial charge in [0.15, 0.2) is 5.76 Å². The lowest BCUT2D eigenvalue weighted by Gasteiger charge is -2.11. The van der Waals surface area contributed by atoms with Gasteiger partial charge in [0.1, 0.15) is 0 Å². The molecule has 0 fully saturated rings. The number of amides is 1. The van der Waals surface area contributed by atoms with Crippen LogP contribution in [0.2, 0.25) is 0 Å². The molecule has 1 unspecified atom stereocenters. The largest absolute Gasteiger partial charge is 0.461 e. The monoisotopic (exact) mass is 354 g/mol. The summed E-state index contributed by atoms with van der Waals surface area (Å²) in [5.41, 5.74) is 1.03. The number of benzene rings is 1. The fourth-order valence-corrected chi connectivity index (χ4v) is 2.82. The van der Waals surface area contributed by atoms with Gasteiger partial charge in [0.25, 0.3) is 0 Å². The number of nitrogens with one attached hydrogen (secondary N) is 1. The smallest absolute Gasteiger partial charge is 0.237 e. The van der Waals surface area contributed by atoms with Crippen LogP contribution in [0.25, 0.3) is 11.6 Å². The van der Waals surface area contributed by atoms with Gasteiger partial charge in [0.2, 0.25) is 16.9 Å². The maximum Gasteiger partial charge on any atom is 0.237 e. The summed E-state index contributed by atoms with van der Waals surface area (Å²) in [6.07, 6.45) is 1.52. The number of anilines is 1. The summed E-state index contributed by atoms with van der Waals surface area (Å²) in [5.74, 6) is 6.61. The molecule has 0 aliphatic heterocycles. The van der Waals surface area contributed by atoms with Gasteiger partial charge in [0.05, 0.1) is 23.1 Å². The number of hydrogen-bond donors (Lipinski definition) is 2. The quantitative estimate of drug-likeness (QED) is 0.532. The molecule has 0 saturated heterocycles. The number of carbonyl (C=O) groups excluding carboxylic acids is 1. The number of rotatable bonds is 5. The zero-order chi connectivity index (χ0) is 17.8. The van der Waals surface area contributed by atoms with E-state index in [0.29, 0.717) is 28.0 Å². The maximum atomic E-state index is 12.3. The molecule has 2 heterocycles. The lowest BCUT2D eigenvalue weighted by atomic mass is 10.2. The number of thioether (sulfide) groups is 1. The van der Waals surface area contributed by atoms with Crippen LogP contribution in [0.4, 0.5) is 5.69 Å². The molecule has 1 atom stereocenters. The standard InChI is InChI=1S/C16H14N6O2S/c1-10(15(23)19-12-5-2-4-11(8-12)9-17)25-16-21-20-14(22(16)18)13-6-3-7-24-13/h2-8,10H,18H2,1H3,(H,19,23). The molecule has 9 heteroatoms. The van der Waals surface area contributed by atoms with Gasteiger partial charge in [-0.25, -0.2) is 4.68 Å². The summed E-state index contributed by atoms with van der Waals surface area (Å²) >= 11 is 1.17. The molecule has 3 aromatic rings. The van der Waals surface area contributed by atoms with Crippen molar-refractivity contribution in [2.24, 2.45) is 0 Å². The van der Waals surface area contributed by atoms with Crippen molar-refractivity contribution < 1.29 is 9.21 Å². The minimum Gasteiger partial charge on any atom is -0.461 e. The first kappa shape index (κ1) is 16.6. The van der Waals surface area contributed by atoms with E-state index in [2.05, 4.69) is 15.5 Å². The summed E-state index contributed by atoms with van der Waals surface area (Å²) in [6.45, 7) is 1.73. The van der Waals surface area contributed by atoms with Crippen LogP contribution in [0.5, 0.6) is 0 Å². The minimum absolute atomic E-state index is 0.234. The molecule has 8 nitrogen and oxygen atoms in total. The lowest BCUT2D eigenvalue weighted by Crippen LogP contribution is -2.23. The van der Waals surface area contributed by atoms with E-state index in [9.17, 15) is 4.79 Å². The number of aromatic nitrogens is 3. The molecule has 126 valence electrons. The lowest BCUT2D eigenvalue weighted by molar-refractivity contribution is -0.115. The Kier molecular flexibility index (Phi) is 4.72. The third-order valence-electron chi connectivity index (χ3n) is 3.32. The van der Waals surface area contributed by atoms with E-state index >= 15 is 0 Å². The Morgan fingerprint density at radius 3 is 2.96 bits per heavy atom. The normalized spacial score (nSPS) is 11.7. The second-order valence-corrected chi connectivity index (χ2v) is 6.40. The van der Waals surface area contributed by atoms with Crippen molar-refractivity contribution in [2.75, 3.05) is 11.2 Å². The number of furan rings is 1. The zero-order valence-corrected chi connectivity index (χ0v) is 14.0. The van der Waals surface area contributed by atoms with E-state index in [1.54, 1.807) is 43.3 Å². The number of nitrogens with zero attached hydrogens (tertiary/aromatic N) is 4. The molecule has 1 aromatic carbocycles. The van der Waals surface area contributed by atoms with Crippen molar-refractivity contribution in [3.05, 3.63) is 48.2 Å². The highest BCUT2D eigenvalue weighted by molar-refractivity contribution is 8.00. The molecular formula is C16H14N6O2S. The third-order valence-corrected chi connectivity index (χ3v) is 4.37. The van der Waals surface area contributed by atoms with Gasteiger partial charge in [0, 0.05) is 5.69 Å². The van der Waals surface area contributed by atoms with E-state index in [1.807, 2.05) is 6.07 Å². The van der Waals surface area contributed by atoms with Crippen molar-refractivity contribution >= 4 is 23.4 Å². The number of nitrogens with two attached hydrogens (primary N) is 1. The molecule has 25 heavy (non-hydrogen) atoms. The SMILES string of the molecule is CC(Sc1nnc(-c2ccco2)n1N)C(=O)Nc1cccc(C#N)c1. The maximum absolute atomic E-state index is 12.3. The van der Waals surface area contributed by atoms with Crippen LogP contribution in [-0.2, 0) is 4.79 Å². The van der Waals surface area contributed by atoms with Crippen molar-refractivity contribution in [2.45, 2.75) is 17.3 Å². The molecule has 0 aliphatic rings. The van der Waals surface area contributed by atoms with Gasteiger partial charge in [-0.1, -0.05) is 17.8 Å². The molecular weight excluding hydrogens is 340 g/mol. The van der Waals surface area contributed by atoms with Crippen LogP contribution < -0.4 is 11.2 Å². The molecule has 1 amide bonds. The second-order valence-electron chi connectivity index (χ2n) is 5.10. The van der Waals surface area contributed by atoms with Crippen molar-refractivity contribution in [3.8, 4) is 17.7 Å². The summed E-state index contributed by atoms with van der Waals surface area (Å²) in [6, 6.07) is 12.2. The topological polar surface area (TPSA) is 123 Å². The Morgan fingerprint density at radius 2 is 2.24 bits per heavy atom. The van der Waals surface area contributed by atoms with Crippen LogP contribution >= 0.6 is 11.8 Å². The molecule has 0 radical (unpaired) electrons. The van der Waals surface area contributed by atoms with Gasteiger partial charge < -0.3 is 15.6 Å². The molecule has 0 aliphatic carbocycles. The Labute approximate surface area is 147 Å². The first-order chi connectivity index (χ1) is 12.1. The molecule has 3 N–H and O–H groups in total. The Bertz CT molecular complexity index is 929. The van der Waals surface area contributed by atoms with Gasteiger partial charge in [-0.05, 0) is 37.3 Å². The van der Waals surface area contributed by atoms with E-state index in [1.165, 1.54) is 22.7 Å². The summed E-state index contributed by atoms with van der Waals surface area (Å²) < 4.78 is 6.53. The number of hydrogen-bond acceptors (Lipinski definition) is 7. The highest BCUT2D eigenvalue weighted by Crippen LogP contribution is 2.25. The van der Waals surface area contributed by atoms with Gasteiger partial charge in [-0.15, -0.1) is 10.2 Å². The van der Waals surface area contributed by atoms with Crippen LogP contribution in [0.1, 0.15) is 12.5 Å². The van der Waals surface area contributed by atoms with Crippen molar-refractivity contribution in [3.63, 3.8) is 0 Å². The third kappa shape index (κ3) is 3.64. The highest BCUT2D eigenvalue weighted by Gasteiger charge is 2.21. The van der Waals surface area contributed by atoms with E-state index in [0.717, 1.165) is 0 Å². The number of nitrogen functional groups attached to an aromatic ring is 1. The second kappa shape index (κ2) is 7.11. The predicted molar refractivity (Wildman–Crippen MR) is 93.0 cm³/mol. The molecule has 0 spiro atoms. The molecule has 3 rings (SSSR count). The first-order valence-electron chi connectivity index (χ1n) is 7.30. The summed E-state index contributed by atoms with van der Waals surface area (Å²) in [5, 5.41) is 19.6. The molecule has 0 saturated carbocycles. The Morgan fingerprint density at radius 1 is 1.40 bits per heavy atom.